The molecular weight excluding hydrogens is 310 g/mol. The molecule has 7 nitrogen and oxygen atoms in total. The summed E-state index contributed by atoms with van der Waals surface area (Å²) >= 11 is 0. The molecule has 1 aromatic carbocycles. The molecule has 0 bridgehead atoms. The van der Waals surface area contributed by atoms with Crippen LogP contribution in [0.25, 0.3) is 0 Å². The second kappa shape index (κ2) is 8.35. The van der Waals surface area contributed by atoms with Crippen molar-refractivity contribution in [2.24, 2.45) is 0 Å². The van der Waals surface area contributed by atoms with Crippen LogP contribution in [0, 0.1) is 0 Å². The number of ether oxygens (including phenoxy) is 1. The number of nitrogens with zero attached hydrogens (tertiary/aromatic N) is 1. The van der Waals surface area contributed by atoms with E-state index in [1.54, 1.807) is 18.2 Å². The number of piperazine rings is 1. The summed E-state index contributed by atoms with van der Waals surface area (Å²) < 4.78 is 5.63. The number of carbonyl (C=O) groups excluding carboxylic acids is 2. The van der Waals surface area contributed by atoms with Crippen LogP contribution in [0.2, 0.25) is 0 Å². The molecule has 0 unspecified atom stereocenters. The van der Waals surface area contributed by atoms with Gasteiger partial charge in [-0.05, 0) is 31.1 Å². The first-order valence-corrected chi connectivity index (χ1v) is 7.85. The molecule has 1 heterocycles. The third-order valence-electron chi connectivity index (χ3n) is 3.60. The maximum Gasteiger partial charge on any atom is 0.322 e. The van der Waals surface area contributed by atoms with Crippen molar-refractivity contribution in [1.29, 1.82) is 0 Å². The first-order valence-electron chi connectivity index (χ1n) is 7.85. The fraction of sp³-hybridized carbons (Fsp3) is 0.412. The Hall–Kier alpha value is -2.54. The third kappa shape index (κ3) is 4.48. The summed E-state index contributed by atoms with van der Waals surface area (Å²) in [5, 5.41) is 14.6. The Morgan fingerprint density at radius 1 is 1.50 bits per heavy atom. The van der Waals surface area contributed by atoms with E-state index in [1.807, 2.05) is 13.0 Å². The molecule has 2 rings (SSSR count). The van der Waals surface area contributed by atoms with E-state index in [9.17, 15) is 9.59 Å². The zero-order valence-electron chi connectivity index (χ0n) is 13.7. The van der Waals surface area contributed by atoms with Gasteiger partial charge in [0.15, 0.2) is 0 Å². The van der Waals surface area contributed by atoms with E-state index < -0.39 is 12.1 Å². The average molecular weight is 333 g/mol. The molecule has 3 amide bonds. The number of anilines is 1. The topological polar surface area (TPSA) is 90.9 Å². The molecule has 1 aliphatic heterocycles. The minimum Gasteiger partial charge on any atom is -0.487 e. The molecule has 3 N–H and O–H groups in total. The first-order chi connectivity index (χ1) is 11.5. The van der Waals surface area contributed by atoms with E-state index in [2.05, 4.69) is 17.2 Å². The van der Waals surface area contributed by atoms with Crippen molar-refractivity contribution in [2.75, 3.05) is 31.6 Å². The van der Waals surface area contributed by atoms with Gasteiger partial charge in [-0.1, -0.05) is 18.7 Å². The van der Waals surface area contributed by atoms with Gasteiger partial charge in [-0.3, -0.25) is 4.79 Å². The van der Waals surface area contributed by atoms with Gasteiger partial charge in [-0.2, -0.15) is 0 Å². The normalized spacial score (nSPS) is 17.2. The van der Waals surface area contributed by atoms with E-state index in [4.69, 9.17) is 9.84 Å². The van der Waals surface area contributed by atoms with Crippen molar-refractivity contribution in [3.05, 3.63) is 36.4 Å². The number of para-hydroxylation sites is 2. The number of aliphatic hydroxyl groups excluding tert-OH is 1. The number of aliphatic hydroxyl groups is 1. The van der Waals surface area contributed by atoms with Crippen LogP contribution in [0.5, 0.6) is 5.75 Å². The second-order valence-electron chi connectivity index (χ2n) is 5.68. The molecule has 1 aliphatic rings. The molecule has 0 aliphatic carbocycles. The van der Waals surface area contributed by atoms with Gasteiger partial charge < -0.3 is 25.4 Å². The average Bonchev–Trinajstić information content (AvgIpc) is 2.56. The summed E-state index contributed by atoms with van der Waals surface area (Å²) in [4.78, 5) is 25.9. The van der Waals surface area contributed by atoms with Crippen LogP contribution in [0.3, 0.4) is 0 Å². The standard InChI is InChI=1S/C17H23N3O4/c1-12(2)11-24-15-6-4-3-5-13(15)19-17(23)20-9-8-18-16(22)14(20)7-10-21/h3-6,14,21H,1,7-11H2,2H3,(H,18,22)(H,19,23)/t14-/m0/s1. The number of hydrogen-bond acceptors (Lipinski definition) is 4. The Bertz CT molecular complexity index is 618. The predicted molar refractivity (Wildman–Crippen MR) is 91.0 cm³/mol. The zero-order valence-corrected chi connectivity index (χ0v) is 13.7. The van der Waals surface area contributed by atoms with Crippen LogP contribution in [0.1, 0.15) is 13.3 Å². The SMILES string of the molecule is C=C(C)COc1ccccc1NC(=O)N1CCNC(=O)[C@@H]1CCO. The van der Waals surface area contributed by atoms with Gasteiger partial charge in [0.05, 0.1) is 5.69 Å². The van der Waals surface area contributed by atoms with Gasteiger partial charge in [-0.25, -0.2) is 4.79 Å². The minimum atomic E-state index is -0.674. The molecule has 0 radical (unpaired) electrons. The highest BCUT2D eigenvalue weighted by molar-refractivity contribution is 5.95. The Morgan fingerprint density at radius 2 is 2.25 bits per heavy atom. The van der Waals surface area contributed by atoms with E-state index >= 15 is 0 Å². The number of rotatable bonds is 6. The van der Waals surface area contributed by atoms with Gasteiger partial charge >= 0.3 is 6.03 Å². The summed E-state index contributed by atoms with van der Waals surface area (Å²) in [6.45, 7) is 6.60. The molecule has 0 spiro atoms. The molecule has 130 valence electrons. The van der Waals surface area contributed by atoms with Crippen LogP contribution < -0.4 is 15.4 Å². The third-order valence-corrected chi connectivity index (χ3v) is 3.60. The lowest BCUT2D eigenvalue weighted by molar-refractivity contribution is -0.128. The highest BCUT2D eigenvalue weighted by atomic mass is 16.5. The number of carbonyl (C=O) groups is 2. The van der Waals surface area contributed by atoms with Crippen molar-refractivity contribution < 1.29 is 19.4 Å². The summed E-state index contributed by atoms with van der Waals surface area (Å²) in [6.07, 6.45) is 0.201. The Balaban J connectivity index is 2.10. The summed E-state index contributed by atoms with van der Waals surface area (Å²) in [7, 11) is 0. The molecule has 24 heavy (non-hydrogen) atoms. The Morgan fingerprint density at radius 3 is 2.96 bits per heavy atom. The van der Waals surface area contributed by atoms with Gasteiger partial charge in [0.25, 0.3) is 0 Å². The molecule has 0 aromatic heterocycles. The van der Waals surface area contributed by atoms with Crippen LogP contribution in [0.15, 0.2) is 36.4 Å². The van der Waals surface area contributed by atoms with Crippen molar-refractivity contribution in [2.45, 2.75) is 19.4 Å². The first kappa shape index (κ1) is 17.8. The lowest BCUT2D eigenvalue weighted by atomic mass is 10.1. The van der Waals surface area contributed by atoms with Crippen LogP contribution >= 0.6 is 0 Å². The van der Waals surface area contributed by atoms with E-state index in [0.29, 0.717) is 31.1 Å². The number of benzene rings is 1. The maximum atomic E-state index is 12.6. The quantitative estimate of drug-likeness (QED) is 0.686. The smallest absolute Gasteiger partial charge is 0.322 e. The van der Waals surface area contributed by atoms with Crippen molar-refractivity contribution in [1.82, 2.24) is 10.2 Å². The van der Waals surface area contributed by atoms with Gasteiger partial charge in [0, 0.05) is 19.7 Å². The lowest BCUT2D eigenvalue weighted by Gasteiger charge is -2.34. The van der Waals surface area contributed by atoms with Gasteiger partial charge in [0.2, 0.25) is 5.91 Å². The predicted octanol–water partition coefficient (Wildman–Crippen LogP) is 1.36. The molecule has 1 atom stereocenters. The zero-order chi connectivity index (χ0) is 17.5. The summed E-state index contributed by atoms with van der Waals surface area (Å²) in [5.41, 5.74) is 1.39. The molecule has 1 saturated heterocycles. The molecule has 1 aromatic rings. The highest BCUT2D eigenvalue weighted by Gasteiger charge is 2.32. The number of amides is 3. The molecule has 7 heteroatoms. The maximum absolute atomic E-state index is 12.6. The number of hydrogen-bond donors (Lipinski definition) is 3. The monoisotopic (exact) mass is 333 g/mol. The lowest BCUT2D eigenvalue weighted by Crippen LogP contribution is -2.58. The summed E-state index contributed by atoms with van der Waals surface area (Å²) in [5.74, 6) is 0.284. The molecule has 0 saturated carbocycles. The molecule has 1 fully saturated rings. The summed E-state index contributed by atoms with van der Waals surface area (Å²) in [6, 6.07) is 6.02. The number of urea groups is 1. The van der Waals surface area contributed by atoms with Gasteiger partial charge in [0.1, 0.15) is 18.4 Å². The highest BCUT2D eigenvalue weighted by Crippen LogP contribution is 2.25. The van der Waals surface area contributed by atoms with E-state index in [0.717, 1.165) is 5.57 Å². The van der Waals surface area contributed by atoms with E-state index in [-0.39, 0.29) is 18.9 Å². The van der Waals surface area contributed by atoms with Crippen LogP contribution in [-0.4, -0.2) is 54.3 Å². The largest absolute Gasteiger partial charge is 0.487 e. The van der Waals surface area contributed by atoms with Gasteiger partial charge in [-0.15, -0.1) is 0 Å². The Labute approximate surface area is 141 Å². The Kier molecular flexibility index (Phi) is 6.20. The van der Waals surface area contributed by atoms with Crippen molar-refractivity contribution >= 4 is 17.6 Å². The fourth-order valence-corrected chi connectivity index (χ4v) is 2.45. The molecular formula is C17H23N3O4. The second-order valence-corrected chi connectivity index (χ2v) is 5.68. The van der Waals surface area contributed by atoms with Crippen LogP contribution in [0.4, 0.5) is 10.5 Å². The minimum absolute atomic E-state index is 0.166. The van der Waals surface area contributed by atoms with Crippen LogP contribution in [-0.2, 0) is 4.79 Å². The fourth-order valence-electron chi connectivity index (χ4n) is 2.45. The van der Waals surface area contributed by atoms with Crippen molar-refractivity contribution in [3.63, 3.8) is 0 Å². The van der Waals surface area contributed by atoms with Crippen molar-refractivity contribution in [3.8, 4) is 5.75 Å². The number of nitrogens with one attached hydrogen (secondary N) is 2. The van der Waals surface area contributed by atoms with E-state index in [1.165, 1.54) is 4.90 Å².